The highest BCUT2D eigenvalue weighted by Gasteiger charge is 2.32. The second-order valence-corrected chi connectivity index (χ2v) is 10.1. The Morgan fingerprint density at radius 2 is 1.70 bits per heavy atom. The first kappa shape index (κ1) is 20.6. The Bertz CT molecular complexity index is 1160. The topological polar surface area (TPSA) is 69.7 Å². The third kappa shape index (κ3) is 3.42. The Labute approximate surface area is 178 Å². The minimum atomic E-state index is -3.63. The summed E-state index contributed by atoms with van der Waals surface area (Å²) in [5.74, 6) is -0.179. The number of fused-ring (bicyclic) bond motifs is 1. The van der Waals surface area contributed by atoms with Crippen LogP contribution in [0, 0.1) is 13.8 Å². The third-order valence-electron chi connectivity index (χ3n) is 6.03. The minimum Gasteiger partial charge on any atom is -0.369 e. The first-order chi connectivity index (χ1) is 14.2. The van der Waals surface area contributed by atoms with E-state index in [2.05, 4.69) is 36.2 Å². The molecule has 2 aromatic carbocycles. The van der Waals surface area contributed by atoms with Crippen molar-refractivity contribution in [3.8, 4) is 0 Å². The van der Waals surface area contributed by atoms with Gasteiger partial charge in [0, 0.05) is 48.7 Å². The molecule has 0 unspecified atom stereocenters. The Hall–Kier alpha value is -2.64. The first-order valence-corrected chi connectivity index (χ1v) is 11.6. The van der Waals surface area contributed by atoms with Gasteiger partial charge >= 0.3 is 0 Å². The number of amides is 1. The maximum Gasteiger partial charge on any atom is 0.256 e. The van der Waals surface area contributed by atoms with Crippen LogP contribution in [0.2, 0.25) is 0 Å². The molecule has 30 heavy (non-hydrogen) atoms. The summed E-state index contributed by atoms with van der Waals surface area (Å²) >= 11 is 0. The summed E-state index contributed by atoms with van der Waals surface area (Å²) in [6.45, 7) is 10.1. The number of hydrogen-bond donors (Lipinski definition) is 1. The van der Waals surface area contributed by atoms with Crippen molar-refractivity contribution >= 4 is 32.9 Å². The molecule has 1 amide bonds. The maximum absolute atomic E-state index is 13.3. The van der Waals surface area contributed by atoms with Crippen LogP contribution in [0.1, 0.15) is 30.5 Å². The monoisotopic (exact) mass is 425 g/mol. The van der Waals surface area contributed by atoms with Crippen LogP contribution in [-0.2, 0) is 14.8 Å². The molecule has 0 saturated carbocycles. The second-order valence-electron chi connectivity index (χ2n) is 8.15. The summed E-state index contributed by atoms with van der Waals surface area (Å²) in [4.78, 5) is 14.7. The predicted molar refractivity (Wildman–Crippen MR) is 120 cm³/mol. The largest absolute Gasteiger partial charge is 0.369 e. The highest BCUT2D eigenvalue weighted by Crippen LogP contribution is 2.36. The van der Waals surface area contributed by atoms with Gasteiger partial charge in [-0.05, 0) is 63.1 Å². The van der Waals surface area contributed by atoms with Gasteiger partial charge in [0.1, 0.15) is 0 Å². The standard InChI is InChI=1S/C23H27N3O3S/c1-15(2)22-19-14-18(8-9-20(19)24-23(22)27)30(28,29)26-12-10-25(11-13-26)21-7-5-6-16(3)17(21)4/h5-9,14H,10-13H2,1-4H3,(H,24,27). The van der Waals surface area contributed by atoms with Crippen LogP contribution in [0.15, 0.2) is 46.9 Å². The molecule has 7 heteroatoms. The van der Waals surface area contributed by atoms with Crippen LogP contribution < -0.4 is 10.2 Å². The number of nitrogens with one attached hydrogen (secondary N) is 1. The molecule has 158 valence electrons. The van der Waals surface area contributed by atoms with Crippen molar-refractivity contribution in [2.45, 2.75) is 32.6 Å². The first-order valence-electron chi connectivity index (χ1n) is 10.1. The molecule has 0 atom stereocenters. The van der Waals surface area contributed by atoms with E-state index in [4.69, 9.17) is 0 Å². The van der Waals surface area contributed by atoms with E-state index in [0.29, 0.717) is 43.0 Å². The molecule has 1 N–H and O–H groups in total. The molecule has 2 aliphatic rings. The van der Waals surface area contributed by atoms with E-state index in [9.17, 15) is 13.2 Å². The number of nitrogens with zero attached hydrogens (tertiary/aromatic N) is 2. The van der Waals surface area contributed by atoms with Crippen molar-refractivity contribution in [1.29, 1.82) is 0 Å². The molecule has 0 spiro atoms. The van der Waals surface area contributed by atoms with E-state index in [0.717, 1.165) is 5.57 Å². The van der Waals surface area contributed by atoms with E-state index in [-0.39, 0.29) is 10.8 Å². The van der Waals surface area contributed by atoms with Crippen molar-refractivity contribution in [2.24, 2.45) is 0 Å². The fourth-order valence-corrected chi connectivity index (χ4v) is 5.65. The lowest BCUT2D eigenvalue weighted by Gasteiger charge is -2.36. The molecule has 1 saturated heterocycles. The smallest absolute Gasteiger partial charge is 0.256 e. The number of allylic oxidation sites excluding steroid dienone is 1. The number of rotatable bonds is 3. The zero-order valence-electron chi connectivity index (χ0n) is 17.8. The van der Waals surface area contributed by atoms with Crippen molar-refractivity contribution < 1.29 is 13.2 Å². The van der Waals surface area contributed by atoms with Gasteiger partial charge in [-0.3, -0.25) is 4.79 Å². The number of hydrogen-bond acceptors (Lipinski definition) is 4. The van der Waals surface area contributed by atoms with Crippen LogP contribution in [-0.4, -0.2) is 44.8 Å². The van der Waals surface area contributed by atoms with Gasteiger partial charge in [-0.2, -0.15) is 4.31 Å². The van der Waals surface area contributed by atoms with Gasteiger partial charge in [0.25, 0.3) is 5.91 Å². The maximum atomic E-state index is 13.3. The fraction of sp³-hybridized carbons (Fsp3) is 0.348. The Kier molecular flexibility index (Phi) is 5.20. The van der Waals surface area contributed by atoms with Crippen molar-refractivity contribution in [3.05, 3.63) is 58.7 Å². The van der Waals surface area contributed by atoms with Crippen LogP contribution in [0.4, 0.5) is 11.4 Å². The lowest BCUT2D eigenvalue weighted by molar-refractivity contribution is -0.110. The highest BCUT2D eigenvalue weighted by atomic mass is 32.2. The van der Waals surface area contributed by atoms with Crippen LogP contribution in [0.25, 0.3) is 5.57 Å². The number of carbonyl (C=O) groups excluding carboxylic acids is 1. The van der Waals surface area contributed by atoms with E-state index >= 15 is 0 Å². The summed E-state index contributed by atoms with van der Waals surface area (Å²) < 4.78 is 28.1. The number of piperazine rings is 1. The molecule has 0 bridgehead atoms. The van der Waals surface area contributed by atoms with Gasteiger partial charge in [-0.25, -0.2) is 8.42 Å². The molecule has 2 heterocycles. The Morgan fingerprint density at radius 1 is 1.00 bits per heavy atom. The van der Waals surface area contributed by atoms with Crippen molar-refractivity contribution in [2.75, 3.05) is 36.4 Å². The third-order valence-corrected chi connectivity index (χ3v) is 7.92. The molecule has 6 nitrogen and oxygen atoms in total. The van der Waals surface area contributed by atoms with Gasteiger partial charge in [0.05, 0.1) is 4.90 Å². The van der Waals surface area contributed by atoms with Crippen molar-refractivity contribution in [3.63, 3.8) is 0 Å². The number of benzene rings is 2. The lowest BCUT2D eigenvalue weighted by Crippen LogP contribution is -2.48. The average molecular weight is 426 g/mol. The summed E-state index contributed by atoms with van der Waals surface area (Å²) in [5.41, 5.74) is 6.38. The number of aryl methyl sites for hydroxylation is 1. The van der Waals surface area contributed by atoms with Gasteiger partial charge in [0.15, 0.2) is 0 Å². The molecule has 4 rings (SSSR count). The molecular weight excluding hydrogens is 398 g/mol. The fourth-order valence-electron chi connectivity index (χ4n) is 4.20. The molecule has 0 aliphatic carbocycles. The predicted octanol–water partition coefficient (Wildman–Crippen LogP) is 3.56. The summed E-state index contributed by atoms with van der Waals surface area (Å²) in [6, 6.07) is 11.1. The molecular formula is C23H27N3O3S. The minimum absolute atomic E-state index is 0.179. The zero-order valence-corrected chi connectivity index (χ0v) is 18.6. The number of carbonyl (C=O) groups is 1. The highest BCUT2D eigenvalue weighted by molar-refractivity contribution is 7.89. The average Bonchev–Trinajstić information content (AvgIpc) is 3.05. The Morgan fingerprint density at radius 3 is 2.37 bits per heavy atom. The number of anilines is 2. The second kappa shape index (κ2) is 7.56. The molecule has 2 aliphatic heterocycles. The SMILES string of the molecule is CC(C)=C1C(=O)Nc2ccc(S(=O)(=O)N3CCN(c4cccc(C)c4C)CC3)cc21. The van der Waals surface area contributed by atoms with E-state index in [1.165, 1.54) is 16.8 Å². The van der Waals surface area contributed by atoms with Gasteiger partial charge in [-0.15, -0.1) is 0 Å². The molecule has 1 fully saturated rings. The summed E-state index contributed by atoms with van der Waals surface area (Å²) in [5, 5.41) is 2.81. The van der Waals surface area contributed by atoms with E-state index < -0.39 is 10.0 Å². The van der Waals surface area contributed by atoms with Gasteiger partial charge in [0.2, 0.25) is 10.0 Å². The lowest BCUT2D eigenvalue weighted by atomic mass is 10.0. The quantitative estimate of drug-likeness (QED) is 0.764. The van der Waals surface area contributed by atoms with Crippen molar-refractivity contribution in [1.82, 2.24) is 4.31 Å². The summed E-state index contributed by atoms with van der Waals surface area (Å²) in [6.07, 6.45) is 0. The number of sulfonamides is 1. The van der Waals surface area contributed by atoms with Crippen LogP contribution in [0.5, 0.6) is 0 Å². The molecule has 2 aromatic rings. The van der Waals surface area contributed by atoms with Crippen LogP contribution >= 0.6 is 0 Å². The normalized spacial score (nSPS) is 17.1. The van der Waals surface area contributed by atoms with Crippen LogP contribution in [0.3, 0.4) is 0 Å². The molecule has 0 aromatic heterocycles. The zero-order chi connectivity index (χ0) is 21.6. The van der Waals surface area contributed by atoms with Gasteiger partial charge < -0.3 is 10.2 Å². The van der Waals surface area contributed by atoms with Gasteiger partial charge in [-0.1, -0.05) is 17.7 Å². The Balaban J connectivity index is 1.57. The van der Waals surface area contributed by atoms with E-state index in [1.807, 2.05) is 19.9 Å². The summed E-state index contributed by atoms with van der Waals surface area (Å²) in [7, 11) is -3.63. The van der Waals surface area contributed by atoms with E-state index in [1.54, 1.807) is 22.5 Å². The molecule has 0 radical (unpaired) electrons.